The fraction of sp³-hybridized carbons (Fsp3) is 1.00. The van der Waals surface area contributed by atoms with Crippen molar-refractivity contribution in [2.24, 2.45) is 5.92 Å². The van der Waals surface area contributed by atoms with Crippen molar-refractivity contribution < 1.29 is 0 Å². The lowest BCUT2D eigenvalue weighted by molar-refractivity contribution is 0.444. The molecule has 1 heteroatoms. The average Bonchev–Trinajstić information content (AvgIpc) is 2.26. The van der Waals surface area contributed by atoms with Crippen molar-refractivity contribution in [1.82, 2.24) is 0 Å². The maximum Gasteiger partial charge on any atom is 0.0442 e. The fourth-order valence-corrected chi connectivity index (χ4v) is 3.56. The number of rotatable bonds is 3. The van der Waals surface area contributed by atoms with E-state index >= 15 is 0 Å². The van der Waals surface area contributed by atoms with E-state index in [2.05, 4.69) is 19.6 Å². The van der Waals surface area contributed by atoms with Gasteiger partial charge in [0.1, 0.15) is 0 Å². The molecule has 0 heterocycles. The molecule has 0 unspecified atom stereocenters. The van der Waals surface area contributed by atoms with E-state index in [1.54, 1.807) is 6.04 Å². The SMILES string of the molecule is C[Si](C)(C)CCC1CCCCCC1. The van der Waals surface area contributed by atoms with Gasteiger partial charge in [0.25, 0.3) is 0 Å². The highest BCUT2D eigenvalue weighted by molar-refractivity contribution is 6.76. The van der Waals surface area contributed by atoms with Crippen molar-refractivity contribution in [2.45, 2.75) is 70.6 Å². The minimum Gasteiger partial charge on any atom is -0.0695 e. The zero-order valence-electron chi connectivity index (χ0n) is 9.73. The van der Waals surface area contributed by atoms with Gasteiger partial charge in [-0.1, -0.05) is 70.6 Å². The maximum atomic E-state index is 2.50. The Kier molecular flexibility index (Phi) is 4.50. The van der Waals surface area contributed by atoms with Gasteiger partial charge in [-0.15, -0.1) is 0 Å². The summed E-state index contributed by atoms with van der Waals surface area (Å²) in [6, 6.07) is 1.55. The van der Waals surface area contributed by atoms with E-state index in [-0.39, 0.29) is 0 Å². The molecule has 0 spiro atoms. The Labute approximate surface area is 85.1 Å². The molecule has 0 saturated heterocycles. The van der Waals surface area contributed by atoms with Gasteiger partial charge in [-0.3, -0.25) is 0 Å². The molecule has 0 nitrogen and oxygen atoms in total. The first kappa shape index (κ1) is 11.3. The molecule has 1 rings (SSSR count). The molecule has 0 bridgehead atoms. The summed E-state index contributed by atoms with van der Waals surface area (Å²) in [5.74, 6) is 1.09. The van der Waals surface area contributed by atoms with Crippen LogP contribution in [0.3, 0.4) is 0 Å². The summed E-state index contributed by atoms with van der Waals surface area (Å²) < 4.78 is 0. The van der Waals surface area contributed by atoms with Crippen molar-refractivity contribution in [3.63, 3.8) is 0 Å². The molecule has 0 aromatic carbocycles. The zero-order chi connectivity index (χ0) is 9.73. The van der Waals surface area contributed by atoms with E-state index in [9.17, 15) is 0 Å². The molecule has 1 aliphatic carbocycles. The Hall–Kier alpha value is 0.217. The highest BCUT2D eigenvalue weighted by Crippen LogP contribution is 2.28. The van der Waals surface area contributed by atoms with Gasteiger partial charge < -0.3 is 0 Å². The summed E-state index contributed by atoms with van der Waals surface area (Å²) in [5.41, 5.74) is 0. The molecule has 0 aliphatic heterocycles. The van der Waals surface area contributed by atoms with Gasteiger partial charge in [-0.25, -0.2) is 0 Å². The van der Waals surface area contributed by atoms with E-state index in [0.29, 0.717) is 0 Å². The number of hydrogen-bond donors (Lipinski definition) is 0. The molecule has 1 fully saturated rings. The predicted molar refractivity (Wildman–Crippen MR) is 64.0 cm³/mol. The second-order valence-corrected chi connectivity index (χ2v) is 11.6. The second kappa shape index (κ2) is 5.19. The minimum atomic E-state index is -0.758. The molecule has 0 aromatic rings. The van der Waals surface area contributed by atoms with Gasteiger partial charge in [-0.2, -0.15) is 0 Å². The third kappa shape index (κ3) is 5.51. The molecular formula is C12H26Si. The van der Waals surface area contributed by atoms with Crippen LogP contribution < -0.4 is 0 Å². The van der Waals surface area contributed by atoms with Crippen molar-refractivity contribution in [3.8, 4) is 0 Å². The largest absolute Gasteiger partial charge is 0.0695 e. The molecule has 0 amide bonds. The van der Waals surface area contributed by atoms with Crippen LogP contribution in [0.25, 0.3) is 0 Å². The third-order valence-electron chi connectivity index (χ3n) is 3.28. The van der Waals surface area contributed by atoms with Crippen LogP contribution in [0.1, 0.15) is 44.9 Å². The Morgan fingerprint density at radius 2 is 1.46 bits per heavy atom. The molecule has 0 aromatic heterocycles. The van der Waals surface area contributed by atoms with Crippen molar-refractivity contribution in [3.05, 3.63) is 0 Å². The van der Waals surface area contributed by atoms with E-state index < -0.39 is 8.07 Å². The minimum absolute atomic E-state index is 0.758. The quantitative estimate of drug-likeness (QED) is 0.456. The van der Waals surface area contributed by atoms with Gasteiger partial charge in [0, 0.05) is 8.07 Å². The van der Waals surface area contributed by atoms with E-state index in [0.717, 1.165) is 5.92 Å². The van der Waals surface area contributed by atoms with Crippen LogP contribution >= 0.6 is 0 Å². The molecule has 0 radical (unpaired) electrons. The third-order valence-corrected chi connectivity index (χ3v) is 5.07. The van der Waals surface area contributed by atoms with E-state index in [1.165, 1.54) is 44.9 Å². The van der Waals surface area contributed by atoms with Crippen molar-refractivity contribution >= 4 is 8.07 Å². The molecular weight excluding hydrogens is 172 g/mol. The van der Waals surface area contributed by atoms with Crippen LogP contribution in [0.2, 0.25) is 25.7 Å². The predicted octanol–water partition coefficient (Wildman–Crippen LogP) is 4.69. The van der Waals surface area contributed by atoms with Crippen LogP contribution in [0.15, 0.2) is 0 Å². The van der Waals surface area contributed by atoms with E-state index in [4.69, 9.17) is 0 Å². The van der Waals surface area contributed by atoms with Crippen LogP contribution in [0.4, 0.5) is 0 Å². The summed E-state index contributed by atoms with van der Waals surface area (Å²) >= 11 is 0. The van der Waals surface area contributed by atoms with Gasteiger partial charge in [0.15, 0.2) is 0 Å². The van der Waals surface area contributed by atoms with Crippen LogP contribution in [0, 0.1) is 5.92 Å². The summed E-state index contributed by atoms with van der Waals surface area (Å²) in [6.45, 7) is 7.51. The second-order valence-electron chi connectivity index (χ2n) is 5.96. The monoisotopic (exact) mass is 198 g/mol. The first-order valence-electron chi connectivity index (χ1n) is 6.08. The summed E-state index contributed by atoms with van der Waals surface area (Å²) in [6.07, 6.45) is 10.6. The van der Waals surface area contributed by atoms with Crippen LogP contribution in [0.5, 0.6) is 0 Å². The molecule has 13 heavy (non-hydrogen) atoms. The number of hydrogen-bond acceptors (Lipinski definition) is 0. The van der Waals surface area contributed by atoms with Gasteiger partial charge >= 0.3 is 0 Å². The Balaban J connectivity index is 2.19. The van der Waals surface area contributed by atoms with Gasteiger partial charge in [-0.05, 0) is 5.92 Å². The Morgan fingerprint density at radius 1 is 0.923 bits per heavy atom. The standard InChI is InChI=1S/C12H26Si/c1-13(2,3)11-10-12-8-6-4-5-7-9-12/h12H,4-11H2,1-3H3. The topological polar surface area (TPSA) is 0 Å². The smallest absolute Gasteiger partial charge is 0.0442 e. The molecule has 0 N–H and O–H groups in total. The maximum absolute atomic E-state index is 2.50. The van der Waals surface area contributed by atoms with Crippen LogP contribution in [-0.2, 0) is 0 Å². The Morgan fingerprint density at radius 3 is 1.92 bits per heavy atom. The highest BCUT2D eigenvalue weighted by Gasteiger charge is 2.17. The van der Waals surface area contributed by atoms with Gasteiger partial charge in [0.05, 0.1) is 0 Å². The first-order valence-corrected chi connectivity index (χ1v) is 9.79. The molecule has 78 valence electrons. The fourth-order valence-electron chi connectivity index (χ4n) is 2.29. The summed E-state index contributed by atoms with van der Waals surface area (Å²) in [7, 11) is -0.758. The summed E-state index contributed by atoms with van der Waals surface area (Å²) in [4.78, 5) is 0. The zero-order valence-corrected chi connectivity index (χ0v) is 10.7. The average molecular weight is 198 g/mol. The van der Waals surface area contributed by atoms with E-state index in [1.807, 2.05) is 0 Å². The lowest BCUT2D eigenvalue weighted by Crippen LogP contribution is -2.20. The summed E-state index contributed by atoms with van der Waals surface area (Å²) in [5, 5.41) is 0. The molecule has 1 saturated carbocycles. The van der Waals surface area contributed by atoms with Gasteiger partial charge in [0.2, 0.25) is 0 Å². The lowest BCUT2D eigenvalue weighted by atomic mass is 9.98. The first-order chi connectivity index (χ1) is 6.08. The lowest BCUT2D eigenvalue weighted by Gasteiger charge is -2.20. The molecule has 0 atom stereocenters. The van der Waals surface area contributed by atoms with Crippen LogP contribution in [-0.4, -0.2) is 8.07 Å². The Bertz CT molecular complexity index is 127. The van der Waals surface area contributed by atoms with Crippen molar-refractivity contribution in [2.75, 3.05) is 0 Å². The molecule has 1 aliphatic rings. The highest BCUT2D eigenvalue weighted by atomic mass is 28.3. The van der Waals surface area contributed by atoms with Crippen molar-refractivity contribution in [1.29, 1.82) is 0 Å². The normalized spacial score (nSPS) is 21.5.